The Bertz CT molecular complexity index is 533. The number of ether oxygens (including phenoxy) is 1. The normalized spacial score (nSPS) is 12.1. The standard InChI is InChI=1S/C15H16O3S/c1-11(19-10-12-6-4-3-5-7-12)13-8-9-14(18-13)15(16)17-2/h3-9,11H,10H2,1-2H3. The molecule has 0 radical (unpaired) electrons. The first kappa shape index (κ1) is 13.7. The van der Waals surface area contributed by atoms with Crippen molar-refractivity contribution in [3.05, 3.63) is 59.5 Å². The Labute approximate surface area is 117 Å². The Morgan fingerprint density at radius 3 is 2.68 bits per heavy atom. The summed E-state index contributed by atoms with van der Waals surface area (Å²) >= 11 is 1.77. The van der Waals surface area contributed by atoms with Gasteiger partial charge in [0.2, 0.25) is 5.76 Å². The molecule has 0 amide bonds. The zero-order valence-electron chi connectivity index (χ0n) is 11.0. The van der Waals surface area contributed by atoms with Crippen LogP contribution in [0, 0.1) is 0 Å². The van der Waals surface area contributed by atoms with Crippen molar-refractivity contribution in [2.24, 2.45) is 0 Å². The molecule has 2 aromatic rings. The summed E-state index contributed by atoms with van der Waals surface area (Å²) < 4.78 is 10.1. The average Bonchev–Trinajstić information content (AvgIpc) is 2.95. The molecule has 100 valence electrons. The number of thioether (sulfide) groups is 1. The molecule has 1 heterocycles. The Morgan fingerprint density at radius 1 is 1.26 bits per heavy atom. The molecule has 3 nitrogen and oxygen atoms in total. The Kier molecular flexibility index (Phi) is 4.68. The lowest BCUT2D eigenvalue weighted by Gasteiger charge is -2.08. The van der Waals surface area contributed by atoms with Crippen molar-refractivity contribution in [2.75, 3.05) is 7.11 Å². The number of carbonyl (C=O) groups excluding carboxylic acids is 1. The lowest BCUT2D eigenvalue weighted by molar-refractivity contribution is 0.0563. The minimum atomic E-state index is -0.438. The van der Waals surface area contributed by atoms with E-state index in [-0.39, 0.29) is 11.0 Å². The van der Waals surface area contributed by atoms with E-state index in [2.05, 4.69) is 23.8 Å². The zero-order valence-corrected chi connectivity index (χ0v) is 11.8. The SMILES string of the molecule is COC(=O)c1ccc(C(C)SCc2ccccc2)o1. The van der Waals surface area contributed by atoms with E-state index in [0.29, 0.717) is 0 Å². The monoisotopic (exact) mass is 276 g/mol. The molecule has 1 unspecified atom stereocenters. The molecule has 1 aromatic heterocycles. The van der Waals surface area contributed by atoms with E-state index in [9.17, 15) is 4.79 Å². The summed E-state index contributed by atoms with van der Waals surface area (Å²) in [4.78, 5) is 11.3. The van der Waals surface area contributed by atoms with E-state index in [1.165, 1.54) is 12.7 Å². The van der Waals surface area contributed by atoms with Crippen LogP contribution in [0.25, 0.3) is 0 Å². The van der Waals surface area contributed by atoms with Crippen LogP contribution in [0.1, 0.15) is 34.1 Å². The first-order chi connectivity index (χ1) is 9.20. The molecule has 0 N–H and O–H groups in total. The number of hydrogen-bond donors (Lipinski definition) is 0. The third kappa shape index (κ3) is 3.64. The molecule has 0 aliphatic heterocycles. The first-order valence-corrected chi connectivity index (χ1v) is 7.09. The van der Waals surface area contributed by atoms with Crippen LogP contribution in [-0.2, 0) is 10.5 Å². The van der Waals surface area contributed by atoms with Crippen molar-refractivity contribution < 1.29 is 13.9 Å². The second-order valence-electron chi connectivity index (χ2n) is 4.13. The molecule has 1 atom stereocenters. The van der Waals surface area contributed by atoms with Gasteiger partial charge in [0.1, 0.15) is 5.76 Å². The fourth-order valence-electron chi connectivity index (χ4n) is 1.66. The van der Waals surface area contributed by atoms with Crippen LogP contribution in [0.2, 0.25) is 0 Å². The maximum atomic E-state index is 11.3. The molecule has 0 bridgehead atoms. The van der Waals surface area contributed by atoms with Gasteiger partial charge in [-0.05, 0) is 24.6 Å². The van der Waals surface area contributed by atoms with Crippen LogP contribution in [0.15, 0.2) is 46.9 Å². The van der Waals surface area contributed by atoms with E-state index in [1.807, 2.05) is 24.3 Å². The van der Waals surface area contributed by atoms with Gasteiger partial charge in [-0.1, -0.05) is 30.3 Å². The van der Waals surface area contributed by atoms with Gasteiger partial charge in [0.05, 0.1) is 12.4 Å². The van der Waals surface area contributed by atoms with Gasteiger partial charge < -0.3 is 9.15 Å². The summed E-state index contributed by atoms with van der Waals surface area (Å²) in [5, 5.41) is 0.193. The summed E-state index contributed by atoms with van der Waals surface area (Å²) in [6.07, 6.45) is 0. The second-order valence-corrected chi connectivity index (χ2v) is 5.46. The topological polar surface area (TPSA) is 39.4 Å². The number of methoxy groups -OCH3 is 1. The van der Waals surface area contributed by atoms with Crippen LogP contribution in [0.4, 0.5) is 0 Å². The molecular weight excluding hydrogens is 260 g/mol. The molecule has 0 fully saturated rings. The van der Waals surface area contributed by atoms with Crippen LogP contribution in [0.5, 0.6) is 0 Å². The van der Waals surface area contributed by atoms with Gasteiger partial charge >= 0.3 is 5.97 Å². The summed E-state index contributed by atoms with van der Waals surface area (Å²) in [5.41, 5.74) is 1.28. The van der Waals surface area contributed by atoms with Crippen molar-refractivity contribution in [1.29, 1.82) is 0 Å². The molecule has 2 rings (SSSR count). The highest BCUT2D eigenvalue weighted by molar-refractivity contribution is 7.98. The van der Waals surface area contributed by atoms with Crippen LogP contribution in [-0.4, -0.2) is 13.1 Å². The number of rotatable bonds is 5. The Morgan fingerprint density at radius 2 is 2.00 bits per heavy atom. The number of benzene rings is 1. The van der Waals surface area contributed by atoms with Crippen molar-refractivity contribution >= 4 is 17.7 Å². The van der Waals surface area contributed by atoms with E-state index in [1.54, 1.807) is 17.8 Å². The van der Waals surface area contributed by atoms with Crippen LogP contribution < -0.4 is 0 Å². The van der Waals surface area contributed by atoms with Gasteiger partial charge in [0.15, 0.2) is 0 Å². The highest BCUT2D eigenvalue weighted by Crippen LogP contribution is 2.32. The highest BCUT2D eigenvalue weighted by atomic mass is 32.2. The summed E-state index contributed by atoms with van der Waals surface area (Å²) in [6, 6.07) is 13.7. The fraction of sp³-hybridized carbons (Fsp3) is 0.267. The molecule has 1 aromatic carbocycles. The van der Waals surface area contributed by atoms with Gasteiger partial charge in [-0.25, -0.2) is 4.79 Å². The molecular formula is C15H16O3S. The quantitative estimate of drug-likeness (QED) is 0.772. The first-order valence-electron chi connectivity index (χ1n) is 6.04. The largest absolute Gasteiger partial charge is 0.463 e. The lowest BCUT2D eigenvalue weighted by atomic mass is 10.2. The van der Waals surface area contributed by atoms with Gasteiger partial charge in [0.25, 0.3) is 0 Å². The van der Waals surface area contributed by atoms with Gasteiger partial charge in [-0.2, -0.15) is 0 Å². The summed E-state index contributed by atoms with van der Waals surface area (Å²) in [7, 11) is 1.35. The van der Waals surface area contributed by atoms with Gasteiger partial charge in [-0.15, -0.1) is 11.8 Å². The molecule has 0 saturated heterocycles. The minimum absolute atomic E-state index is 0.193. The molecule has 0 aliphatic carbocycles. The van der Waals surface area contributed by atoms with E-state index < -0.39 is 5.97 Å². The van der Waals surface area contributed by atoms with Crippen LogP contribution >= 0.6 is 11.8 Å². The number of hydrogen-bond acceptors (Lipinski definition) is 4. The third-order valence-electron chi connectivity index (χ3n) is 2.76. The van der Waals surface area contributed by atoms with Crippen molar-refractivity contribution in [2.45, 2.75) is 17.9 Å². The second kappa shape index (κ2) is 6.48. The molecule has 4 heteroatoms. The lowest BCUT2D eigenvalue weighted by Crippen LogP contribution is -1.98. The van der Waals surface area contributed by atoms with E-state index in [4.69, 9.17) is 4.42 Å². The molecule has 0 aliphatic rings. The third-order valence-corrected chi connectivity index (χ3v) is 3.99. The minimum Gasteiger partial charge on any atom is -0.463 e. The number of furan rings is 1. The van der Waals surface area contributed by atoms with E-state index >= 15 is 0 Å². The predicted octanol–water partition coefficient (Wildman–Crippen LogP) is 4.06. The van der Waals surface area contributed by atoms with Crippen LogP contribution in [0.3, 0.4) is 0 Å². The maximum Gasteiger partial charge on any atom is 0.373 e. The van der Waals surface area contributed by atoms with Crippen molar-refractivity contribution in [3.63, 3.8) is 0 Å². The number of carbonyl (C=O) groups is 1. The fourth-order valence-corrected chi connectivity index (χ4v) is 2.59. The summed E-state index contributed by atoms with van der Waals surface area (Å²) in [6.45, 7) is 2.06. The van der Waals surface area contributed by atoms with Crippen molar-refractivity contribution in [1.82, 2.24) is 0 Å². The smallest absolute Gasteiger partial charge is 0.373 e. The zero-order chi connectivity index (χ0) is 13.7. The van der Waals surface area contributed by atoms with Gasteiger partial charge in [-0.3, -0.25) is 0 Å². The van der Waals surface area contributed by atoms with Crippen molar-refractivity contribution in [3.8, 4) is 0 Å². The average molecular weight is 276 g/mol. The molecule has 19 heavy (non-hydrogen) atoms. The maximum absolute atomic E-state index is 11.3. The summed E-state index contributed by atoms with van der Waals surface area (Å²) in [5.74, 6) is 1.52. The molecule has 0 spiro atoms. The van der Waals surface area contributed by atoms with Gasteiger partial charge in [0, 0.05) is 5.75 Å². The number of esters is 1. The Hall–Kier alpha value is -1.68. The highest BCUT2D eigenvalue weighted by Gasteiger charge is 2.15. The molecule has 0 saturated carbocycles. The predicted molar refractivity (Wildman–Crippen MR) is 76.2 cm³/mol. The van der Waals surface area contributed by atoms with E-state index in [0.717, 1.165) is 11.5 Å². The Balaban J connectivity index is 1.94.